The number of nitrogens with one attached hydrogen (secondary N) is 2. The molecule has 3 amide bonds. The Bertz CT molecular complexity index is 775. The number of likely N-dealkylation sites (N-methyl/N-ethyl adjacent to an activating group) is 1. The first kappa shape index (κ1) is 14.7. The number of aromatic nitrogens is 1. The Balaban J connectivity index is 1.85. The van der Waals surface area contributed by atoms with Crippen molar-refractivity contribution in [2.75, 3.05) is 7.05 Å². The molecule has 1 saturated carbocycles. The Labute approximate surface area is 139 Å². The number of Topliss-reactive ketones (excluding diaryl/α,β-unsaturated/α-hetero) is 1. The summed E-state index contributed by atoms with van der Waals surface area (Å²) < 4.78 is 2.28. The number of nitrogens with zero attached hydrogens (tertiary/aromatic N) is 2. The van der Waals surface area contributed by atoms with Crippen LogP contribution in [0.15, 0.2) is 10.7 Å². The normalized spacial score (nSPS) is 34.6. The SMILES string of the molecule is CC(=O)c1cc2n(c1Br)[C@@H]1C[C@]3(O)[C@@H](NC(=O)N3C)[C@@H]1NC2=O. The van der Waals surface area contributed by atoms with Crippen LogP contribution in [-0.4, -0.2) is 57.2 Å². The van der Waals surface area contributed by atoms with E-state index in [9.17, 15) is 19.5 Å². The Hall–Kier alpha value is -1.87. The van der Waals surface area contributed by atoms with E-state index in [1.807, 2.05) is 0 Å². The van der Waals surface area contributed by atoms with Gasteiger partial charge in [-0.05, 0) is 28.9 Å². The van der Waals surface area contributed by atoms with Crippen molar-refractivity contribution in [2.45, 2.75) is 37.2 Å². The van der Waals surface area contributed by atoms with E-state index in [1.54, 1.807) is 10.6 Å². The van der Waals surface area contributed by atoms with E-state index in [0.717, 1.165) is 0 Å². The minimum Gasteiger partial charge on any atom is -0.368 e. The van der Waals surface area contributed by atoms with Crippen LogP contribution in [0.1, 0.15) is 40.2 Å². The lowest BCUT2D eigenvalue weighted by Gasteiger charge is -2.32. The molecule has 1 aromatic rings. The lowest BCUT2D eigenvalue weighted by atomic mass is 10.1. The lowest BCUT2D eigenvalue weighted by Crippen LogP contribution is -2.56. The van der Waals surface area contributed by atoms with Crippen LogP contribution in [0.25, 0.3) is 0 Å². The van der Waals surface area contributed by atoms with Gasteiger partial charge in [0.15, 0.2) is 11.5 Å². The standard InChI is InChI=1S/C14H15BrN4O4/c1-5(20)6-3-7-12(21)16-9-8(19(7)11(6)15)4-14(23)10(9)17-13(22)18(14)2/h3,8-10,23H,4H2,1-2H3,(H,16,21)(H,17,22)/t8-,9-,10+,14+/m1/s1. The third-order valence-electron chi connectivity index (χ3n) is 5.16. The second-order valence-corrected chi connectivity index (χ2v) is 7.05. The molecule has 4 atom stereocenters. The summed E-state index contributed by atoms with van der Waals surface area (Å²) in [5.41, 5.74) is -0.570. The van der Waals surface area contributed by atoms with Crippen LogP contribution in [0, 0.1) is 0 Å². The van der Waals surface area contributed by atoms with Crippen molar-refractivity contribution < 1.29 is 19.5 Å². The Morgan fingerprint density at radius 1 is 1.43 bits per heavy atom. The first-order valence-electron chi connectivity index (χ1n) is 7.25. The molecule has 3 aliphatic rings. The van der Waals surface area contributed by atoms with Gasteiger partial charge >= 0.3 is 6.03 Å². The van der Waals surface area contributed by atoms with E-state index in [4.69, 9.17) is 0 Å². The maximum Gasteiger partial charge on any atom is 0.319 e. The summed E-state index contributed by atoms with van der Waals surface area (Å²) in [7, 11) is 1.53. The highest BCUT2D eigenvalue weighted by Gasteiger charge is 2.63. The fraction of sp³-hybridized carbons (Fsp3) is 0.500. The number of urea groups is 1. The highest BCUT2D eigenvalue weighted by atomic mass is 79.9. The predicted octanol–water partition coefficient (Wildman–Crippen LogP) is 0.222. The van der Waals surface area contributed by atoms with Gasteiger partial charge < -0.3 is 20.3 Å². The number of halogens is 1. The molecular formula is C14H15BrN4O4. The molecule has 23 heavy (non-hydrogen) atoms. The molecule has 1 aliphatic carbocycles. The van der Waals surface area contributed by atoms with Gasteiger partial charge in [0, 0.05) is 13.5 Å². The lowest BCUT2D eigenvalue weighted by molar-refractivity contribution is -0.0561. The predicted molar refractivity (Wildman–Crippen MR) is 82.1 cm³/mol. The van der Waals surface area contributed by atoms with Gasteiger partial charge in [0.1, 0.15) is 11.7 Å². The molecule has 4 rings (SSSR count). The summed E-state index contributed by atoms with van der Waals surface area (Å²) >= 11 is 3.41. The largest absolute Gasteiger partial charge is 0.368 e. The molecule has 0 spiro atoms. The smallest absolute Gasteiger partial charge is 0.319 e. The number of fused-ring (bicyclic) bond motifs is 5. The molecule has 0 radical (unpaired) electrons. The van der Waals surface area contributed by atoms with Crippen molar-refractivity contribution in [3.63, 3.8) is 0 Å². The Morgan fingerprint density at radius 2 is 2.13 bits per heavy atom. The highest BCUT2D eigenvalue weighted by Crippen LogP contribution is 2.47. The van der Waals surface area contributed by atoms with Crippen LogP contribution in [0.5, 0.6) is 0 Å². The van der Waals surface area contributed by atoms with E-state index in [2.05, 4.69) is 26.6 Å². The van der Waals surface area contributed by atoms with Gasteiger partial charge in [0.25, 0.3) is 5.91 Å². The summed E-state index contributed by atoms with van der Waals surface area (Å²) in [6.45, 7) is 1.44. The van der Waals surface area contributed by atoms with Crippen LogP contribution in [-0.2, 0) is 0 Å². The summed E-state index contributed by atoms with van der Waals surface area (Å²) in [5.74, 6) is -0.474. The van der Waals surface area contributed by atoms with Crippen molar-refractivity contribution in [3.05, 3.63) is 21.9 Å². The van der Waals surface area contributed by atoms with E-state index >= 15 is 0 Å². The van der Waals surface area contributed by atoms with Crippen molar-refractivity contribution >= 4 is 33.7 Å². The maximum atomic E-state index is 12.4. The summed E-state index contributed by atoms with van der Waals surface area (Å²) in [6.07, 6.45) is 0.259. The molecule has 122 valence electrons. The monoisotopic (exact) mass is 382 g/mol. The quantitative estimate of drug-likeness (QED) is 0.604. The third-order valence-corrected chi connectivity index (χ3v) is 5.97. The van der Waals surface area contributed by atoms with Crippen LogP contribution < -0.4 is 10.6 Å². The minimum atomic E-state index is -1.37. The zero-order valence-electron chi connectivity index (χ0n) is 12.5. The molecule has 8 nitrogen and oxygen atoms in total. The number of rotatable bonds is 1. The molecule has 0 unspecified atom stereocenters. The molecule has 2 aliphatic heterocycles. The number of hydrogen-bond acceptors (Lipinski definition) is 4. The van der Waals surface area contributed by atoms with Gasteiger partial charge in [-0.15, -0.1) is 0 Å². The molecule has 3 heterocycles. The zero-order chi connectivity index (χ0) is 16.7. The van der Waals surface area contributed by atoms with Crippen molar-refractivity contribution in [3.8, 4) is 0 Å². The zero-order valence-corrected chi connectivity index (χ0v) is 14.0. The molecule has 3 N–H and O–H groups in total. The molecule has 2 fully saturated rings. The maximum absolute atomic E-state index is 12.4. The molecule has 9 heteroatoms. The Kier molecular flexibility index (Phi) is 2.78. The second kappa shape index (κ2) is 4.35. The van der Waals surface area contributed by atoms with E-state index in [1.165, 1.54) is 18.9 Å². The molecule has 0 bridgehead atoms. The minimum absolute atomic E-state index is 0.148. The van der Waals surface area contributed by atoms with Gasteiger partial charge in [-0.1, -0.05) is 0 Å². The molecule has 0 aromatic carbocycles. The molecule has 1 aromatic heterocycles. The van der Waals surface area contributed by atoms with Crippen molar-refractivity contribution in [1.29, 1.82) is 0 Å². The van der Waals surface area contributed by atoms with Gasteiger partial charge in [-0.2, -0.15) is 0 Å². The first-order chi connectivity index (χ1) is 10.8. The van der Waals surface area contributed by atoms with E-state index < -0.39 is 17.8 Å². The fourth-order valence-corrected chi connectivity index (χ4v) is 4.78. The number of amides is 3. The van der Waals surface area contributed by atoms with Crippen molar-refractivity contribution in [2.24, 2.45) is 0 Å². The average molecular weight is 383 g/mol. The first-order valence-corrected chi connectivity index (χ1v) is 8.04. The fourth-order valence-electron chi connectivity index (χ4n) is 3.93. The molecule has 1 saturated heterocycles. The van der Waals surface area contributed by atoms with Crippen LogP contribution in [0.4, 0.5) is 4.79 Å². The Morgan fingerprint density at radius 3 is 2.78 bits per heavy atom. The average Bonchev–Trinajstić information content (AvgIpc) is 3.03. The van der Waals surface area contributed by atoms with Crippen molar-refractivity contribution in [1.82, 2.24) is 20.1 Å². The van der Waals surface area contributed by atoms with E-state index in [0.29, 0.717) is 15.9 Å². The number of ketones is 1. The summed E-state index contributed by atoms with van der Waals surface area (Å²) in [5, 5.41) is 16.5. The third kappa shape index (κ3) is 1.66. The van der Waals surface area contributed by atoms with Crippen LogP contribution in [0.2, 0.25) is 0 Å². The summed E-state index contributed by atoms with van der Waals surface area (Å²) in [4.78, 5) is 37.3. The van der Waals surface area contributed by atoms with Gasteiger partial charge in [0.05, 0.1) is 22.3 Å². The van der Waals surface area contributed by atoms with Gasteiger partial charge in [-0.25, -0.2) is 4.79 Å². The number of aliphatic hydroxyl groups is 1. The molecular weight excluding hydrogens is 368 g/mol. The van der Waals surface area contributed by atoms with Crippen LogP contribution >= 0.6 is 15.9 Å². The van der Waals surface area contributed by atoms with Gasteiger partial charge in [-0.3, -0.25) is 14.5 Å². The highest BCUT2D eigenvalue weighted by molar-refractivity contribution is 9.10. The number of hydrogen-bond donors (Lipinski definition) is 3. The van der Waals surface area contributed by atoms with Crippen LogP contribution in [0.3, 0.4) is 0 Å². The van der Waals surface area contributed by atoms with Gasteiger partial charge in [0.2, 0.25) is 0 Å². The summed E-state index contributed by atoms with van der Waals surface area (Å²) in [6, 6.07) is -0.122. The number of carbonyl (C=O) groups is 3. The topological polar surface area (TPSA) is 104 Å². The number of carbonyl (C=O) groups excluding carboxylic acids is 3. The second-order valence-electron chi connectivity index (χ2n) is 6.30. The van der Waals surface area contributed by atoms with E-state index in [-0.39, 0.29) is 30.2 Å².